The van der Waals surface area contributed by atoms with Crippen LogP contribution in [0.4, 0.5) is 0 Å². The molecule has 0 bridgehead atoms. The van der Waals surface area contributed by atoms with Crippen molar-refractivity contribution in [3.05, 3.63) is 70.8 Å². The van der Waals surface area contributed by atoms with Gasteiger partial charge in [0.2, 0.25) is 0 Å². The number of guanidine groups is 1. The van der Waals surface area contributed by atoms with Gasteiger partial charge in [-0.3, -0.25) is 5.41 Å². The molecule has 0 aliphatic rings. The number of aromatic carboxylic acids is 4. The number of nitrogens with two attached hydrogens (primary N) is 2. The summed E-state index contributed by atoms with van der Waals surface area (Å²) in [6.45, 7) is 0. The standard InChI is InChI=1S/2C8H6O4.CH5N3/c2*9-7(10)5-3-1-2-4-6(5)8(11)12;2-1(3)4/h2*1-4H,(H,9,10)(H,11,12);(H5,2,3,4). The molecule has 0 amide bonds. The van der Waals surface area contributed by atoms with Crippen molar-refractivity contribution in [3.63, 3.8) is 0 Å². The van der Waals surface area contributed by atoms with Gasteiger partial charge in [-0.2, -0.15) is 0 Å². The van der Waals surface area contributed by atoms with Crippen LogP contribution in [-0.2, 0) is 0 Å². The molecule has 0 atom stereocenters. The number of hydrogen-bond donors (Lipinski definition) is 7. The fourth-order valence-corrected chi connectivity index (χ4v) is 1.71. The van der Waals surface area contributed by atoms with Gasteiger partial charge in [-0.1, -0.05) is 24.3 Å². The van der Waals surface area contributed by atoms with E-state index in [2.05, 4.69) is 11.5 Å². The Morgan fingerprint density at radius 3 is 0.821 bits per heavy atom. The molecule has 9 N–H and O–H groups in total. The van der Waals surface area contributed by atoms with Crippen LogP contribution in [0, 0.1) is 5.41 Å². The Hall–Kier alpha value is -4.41. The molecule has 0 aromatic heterocycles. The largest absolute Gasteiger partial charge is 0.478 e. The van der Waals surface area contributed by atoms with Crippen LogP contribution in [0.25, 0.3) is 0 Å². The first kappa shape index (κ1) is 23.6. The van der Waals surface area contributed by atoms with Crippen molar-refractivity contribution in [1.29, 1.82) is 5.41 Å². The smallest absolute Gasteiger partial charge is 0.336 e. The first-order chi connectivity index (χ1) is 13.0. The summed E-state index contributed by atoms with van der Waals surface area (Å²) in [5.74, 6) is -5.25. The zero-order valence-corrected chi connectivity index (χ0v) is 14.2. The molecule has 11 nitrogen and oxygen atoms in total. The van der Waals surface area contributed by atoms with E-state index in [1.54, 1.807) is 0 Å². The highest BCUT2D eigenvalue weighted by Crippen LogP contribution is 2.08. The molecule has 2 aromatic carbocycles. The Balaban J connectivity index is 0.000000439. The van der Waals surface area contributed by atoms with Gasteiger partial charge in [-0.25, -0.2) is 19.2 Å². The average molecular weight is 391 g/mol. The van der Waals surface area contributed by atoms with Gasteiger partial charge < -0.3 is 31.9 Å². The molecule has 0 saturated carbocycles. The Morgan fingerprint density at radius 2 is 0.714 bits per heavy atom. The van der Waals surface area contributed by atoms with Gasteiger partial charge in [-0.15, -0.1) is 0 Å². The number of carboxylic acids is 4. The SMILES string of the molecule is N=C(N)N.O=C(O)c1ccccc1C(=O)O.O=C(O)c1ccccc1C(=O)O. The normalized spacial score (nSPS) is 8.86. The Kier molecular flexibility index (Phi) is 9.48. The summed E-state index contributed by atoms with van der Waals surface area (Å²) >= 11 is 0. The lowest BCUT2D eigenvalue weighted by atomic mass is 10.1. The molecule has 2 aromatic rings. The maximum atomic E-state index is 10.5. The number of rotatable bonds is 4. The summed E-state index contributed by atoms with van der Waals surface area (Å²) < 4.78 is 0. The topological polar surface area (TPSA) is 225 Å². The van der Waals surface area contributed by atoms with Gasteiger partial charge in [0.05, 0.1) is 22.3 Å². The predicted molar refractivity (Wildman–Crippen MR) is 96.8 cm³/mol. The molecule has 0 aliphatic heterocycles. The van der Waals surface area contributed by atoms with Gasteiger partial charge >= 0.3 is 23.9 Å². The Labute approximate surface area is 158 Å². The monoisotopic (exact) mass is 391 g/mol. The summed E-state index contributed by atoms with van der Waals surface area (Å²) in [5, 5.41) is 40.3. The van der Waals surface area contributed by atoms with E-state index in [1.165, 1.54) is 48.5 Å². The highest BCUT2D eigenvalue weighted by atomic mass is 16.4. The zero-order chi connectivity index (χ0) is 21.9. The number of carboxylic acid groups (broad SMARTS) is 4. The van der Waals surface area contributed by atoms with Crippen LogP contribution >= 0.6 is 0 Å². The minimum atomic E-state index is -1.23. The minimum absolute atomic E-state index is 0.190. The van der Waals surface area contributed by atoms with Crippen molar-refractivity contribution in [2.75, 3.05) is 0 Å². The highest BCUT2D eigenvalue weighted by molar-refractivity contribution is 6.02. The minimum Gasteiger partial charge on any atom is -0.478 e. The van der Waals surface area contributed by atoms with Gasteiger partial charge in [0.1, 0.15) is 0 Å². The summed E-state index contributed by atoms with van der Waals surface area (Å²) in [5.41, 5.74) is 8.19. The second-order valence-electron chi connectivity index (χ2n) is 4.77. The van der Waals surface area contributed by atoms with E-state index in [1.807, 2.05) is 0 Å². The predicted octanol–water partition coefficient (Wildman–Crippen LogP) is 1.00. The maximum absolute atomic E-state index is 10.5. The number of nitrogens with one attached hydrogen (secondary N) is 1. The molecule has 0 heterocycles. The van der Waals surface area contributed by atoms with E-state index in [9.17, 15) is 19.2 Å². The van der Waals surface area contributed by atoms with E-state index in [0.29, 0.717) is 0 Å². The molecule has 0 radical (unpaired) electrons. The van der Waals surface area contributed by atoms with Crippen molar-refractivity contribution in [2.24, 2.45) is 11.5 Å². The second-order valence-corrected chi connectivity index (χ2v) is 4.77. The van der Waals surface area contributed by atoms with Gasteiger partial charge in [0, 0.05) is 0 Å². The summed E-state index contributed by atoms with van der Waals surface area (Å²) in [4.78, 5) is 41.9. The maximum Gasteiger partial charge on any atom is 0.336 e. The van der Waals surface area contributed by atoms with Crippen LogP contribution in [0.5, 0.6) is 0 Å². The fourth-order valence-electron chi connectivity index (χ4n) is 1.71. The third-order valence-electron chi connectivity index (χ3n) is 2.78. The molecule has 0 aliphatic carbocycles. The van der Waals surface area contributed by atoms with Crippen molar-refractivity contribution in [1.82, 2.24) is 0 Å². The van der Waals surface area contributed by atoms with Crippen LogP contribution in [0.3, 0.4) is 0 Å². The molecular formula is C17H17N3O8. The molecule has 0 unspecified atom stereocenters. The summed E-state index contributed by atoms with van der Waals surface area (Å²) in [7, 11) is 0. The van der Waals surface area contributed by atoms with E-state index in [-0.39, 0.29) is 28.2 Å². The third-order valence-corrected chi connectivity index (χ3v) is 2.78. The number of carbonyl (C=O) groups is 4. The quantitative estimate of drug-likeness (QED) is 0.289. The van der Waals surface area contributed by atoms with Crippen molar-refractivity contribution in [2.45, 2.75) is 0 Å². The van der Waals surface area contributed by atoms with Crippen LogP contribution in [-0.4, -0.2) is 50.3 Å². The van der Waals surface area contributed by atoms with Gasteiger partial charge in [0.15, 0.2) is 5.96 Å². The first-order valence-electron chi connectivity index (χ1n) is 7.19. The first-order valence-corrected chi connectivity index (χ1v) is 7.19. The summed E-state index contributed by atoms with van der Waals surface area (Å²) in [6.07, 6.45) is 0. The number of hydrogen-bond acceptors (Lipinski definition) is 5. The van der Waals surface area contributed by atoms with Crippen LogP contribution in [0.1, 0.15) is 41.4 Å². The van der Waals surface area contributed by atoms with Gasteiger partial charge in [0.25, 0.3) is 0 Å². The van der Waals surface area contributed by atoms with Crippen molar-refractivity contribution < 1.29 is 39.6 Å². The summed E-state index contributed by atoms with van der Waals surface area (Å²) in [6, 6.07) is 11.0. The fraction of sp³-hybridized carbons (Fsp3) is 0. The average Bonchev–Trinajstić information content (AvgIpc) is 2.61. The van der Waals surface area contributed by atoms with E-state index in [0.717, 1.165) is 0 Å². The lowest BCUT2D eigenvalue weighted by Crippen LogP contribution is -2.20. The van der Waals surface area contributed by atoms with Gasteiger partial charge in [-0.05, 0) is 24.3 Å². The number of benzene rings is 2. The molecule has 0 saturated heterocycles. The van der Waals surface area contributed by atoms with Crippen LogP contribution < -0.4 is 11.5 Å². The lowest BCUT2D eigenvalue weighted by molar-refractivity contribution is 0.0651. The molecule has 2 rings (SSSR count). The molecule has 11 heteroatoms. The van der Waals surface area contributed by atoms with E-state index >= 15 is 0 Å². The molecule has 0 fully saturated rings. The van der Waals surface area contributed by atoms with E-state index < -0.39 is 23.9 Å². The van der Waals surface area contributed by atoms with Crippen molar-refractivity contribution >= 4 is 29.8 Å². The van der Waals surface area contributed by atoms with Crippen LogP contribution in [0.15, 0.2) is 48.5 Å². The lowest BCUT2D eigenvalue weighted by Gasteiger charge is -1.98. The molecular weight excluding hydrogens is 374 g/mol. The Bertz CT molecular complexity index is 758. The second kappa shape index (κ2) is 11.3. The highest BCUT2D eigenvalue weighted by Gasteiger charge is 2.14. The molecule has 0 spiro atoms. The Morgan fingerprint density at radius 1 is 0.571 bits per heavy atom. The zero-order valence-electron chi connectivity index (χ0n) is 14.2. The molecule has 148 valence electrons. The van der Waals surface area contributed by atoms with Crippen molar-refractivity contribution in [3.8, 4) is 0 Å². The van der Waals surface area contributed by atoms with Crippen LogP contribution in [0.2, 0.25) is 0 Å². The van der Waals surface area contributed by atoms with E-state index in [4.69, 9.17) is 25.8 Å². The third kappa shape index (κ3) is 8.11. The molecule has 28 heavy (non-hydrogen) atoms.